The summed E-state index contributed by atoms with van der Waals surface area (Å²) in [4.78, 5) is 13.9. The second kappa shape index (κ2) is 6.21. The van der Waals surface area contributed by atoms with Gasteiger partial charge >= 0.3 is 0 Å². The zero-order valence-electron chi connectivity index (χ0n) is 10.7. The van der Waals surface area contributed by atoms with Crippen LogP contribution in [0.1, 0.15) is 33.1 Å². The average molecular weight is 227 g/mol. The summed E-state index contributed by atoms with van der Waals surface area (Å²) in [5.41, 5.74) is 5.86. The molecule has 16 heavy (non-hydrogen) atoms. The third-order valence-corrected chi connectivity index (χ3v) is 3.48. The van der Waals surface area contributed by atoms with E-state index in [9.17, 15) is 4.79 Å². The fraction of sp³-hybridized carbons (Fsp3) is 0.917. The molecule has 0 spiro atoms. The van der Waals surface area contributed by atoms with Crippen LogP contribution in [0.4, 0.5) is 0 Å². The Kier molecular flexibility index (Phi) is 5.22. The fourth-order valence-electron chi connectivity index (χ4n) is 1.99. The number of nitrogens with one attached hydrogen (secondary N) is 1. The van der Waals surface area contributed by atoms with E-state index in [1.54, 1.807) is 0 Å². The van der Waals surface area contributed by atoms with E-state index in [-0.39, 0.29) is 11.9 Å². The number of rotatable bonds is 5. The van der Waals surface area contributed by atoms with Crippen LogP contribution in [0.25, 0.3) is 0 Å². The minimum Gasteiger partial charge on any atom is -0.354 e. The molecule has 0 aliphatic carbocycles. The number of carbonyl (C=O) groups excluding carboxylic acids is 1. The van der Waals surface area contributed by atoms with Crippen LogP contribution in [0.5, 0.6) is 0 Å². The molecule has 0 aromatic carbocycles. The van der Waals surface area contributed by atoms with Gasteiger partial charge in [-0.3, -0.25) is 4.79 Å². The molecular formula is C12H25N3O. The number of likely N-dealkylation sites (N-methyl/N-ethyl adjacent to an activating group) is 1. The van der Waals surface area contributed by atoms with Crippen molar-refractivity contribution in [2.24, 2.45) is 11.7 Å². The molecule has 1 heterocycles. The Balaban J connectivity index is 2.19. The Labute approximate surface area is 98.6 Å². The largest absolute Gasteiger partial charge is 0.354 e. The second-order valence-corrected chi connectivity index (χ2v) is 5.19. The molecule has 2 atom stereocenters. The Bertz CT molecular complexity index is 230. The van der Waals surface area contributed by atoms with Gasteiger partial charge in [-0.15, -0.1) is 0 Å². The van der Waals surface area contributed by atoms with Gasteiger partial charge in [-0.05, 0) is 32.4 Å². The van der Waals surface area contributed by atoms with Gasteiger partial charge in [0.15, 0.2) is 0 Å². The lowest BCUT2D eigenvalue weighted by Gasteiger charge is -2.21. The highest BCUT2D eigenvalue weighted by Gasteiger charge is 2.21. The maximum atomic E-state index is 11.6. The van der Waals surface area contributed by atoms with Crippen LogP contribution in [0.3, 0.4) is 0 Å². The number of carbonyl (C=O) groups is 1. The Morgan fingerprint density at radius 2 is 2.25 bits per heavy atom. The van der Waals surface area contributed by atoms with E-state index >= 15 is 0 Å². The molecule has 4 heteroatoms. The maximum Gasteiger partial charge on any atom is 0.221 e. The van der Waals surface area contributed by atoms with Crippen molar-refractivity contribution in [1.29, 1.82) is 0 Å². The van der Waals surface area contributed by atoms with Crippen LogP contribution in [-0.2, 0) is 4.79 Å². The van der Waals surface area contributed by atoms with Crippen molar-refractivity contribution in [1.82, 2.24) is 10.2 Å². The first-order valence-corrected chi connectivity index (χ1v) is 6.23. The normalized spacial score (nSPS) is 23.7. The molecule has 3 N–H and O–H groups in total. The highest BCUT2D eigenvalue weighted by atomic mass is 16.1. The molecule has 1 saturated heterocycles. The van der Waals surface area contributed by atoms with E-state index in [4.69, 9.17) is 5.73 Å². The number of hydrogen-bond acceptors (Lipinski definition) is 3. The van der Waals surface area contributed by atoms with E-state index in [1.807, 2.05) is 13.8 Å². The van der Waals surface area contributed by atoms with Crippen molar-refractivity contribution in [2.45, 2.75) is 45.2 Å². The number of likely N-dealkylation sites (tertiary alicyclic amines) is 1. The fourth-order valence-corrected chi connectivity index (χ4v) is 1.99. The SMILES string of the molecule is CC(C)C(N)CC(=O)NCC1CCCN1C. The summed E-state index contributed by atoms with van der Waals surface area (Å²) in [5, 5.41) is 2.98. The smallest absolute Gasteiger partial charge is 0.221 e. The van der Waals surface area contributed by atoms with Gasteiger partial charge in [-0.1, -0.05) is 13.8 Å². The van der Waals surface area contributed by atoms with Crippen molar-refractivity contribution < 1.29 is 4.79 Å². The van der Waals surface area contributed by atoms with E-state index in [0.717, 1.165) is 13.1 Å². The van der Waals surface area contributed by atoms with Crippen molar-refractivity contribution in [2.75, 3.05) is 20.1 Å². The third kappa shape index (κ3) is 4.10. The molecule has 0 aromatic rings. The molecule has 4 nitrogen and oxygen atoms in total. The summed E-state index contributed by atoms with van der Waals surface area (Å²) >= 11 is 0. The van der Waals surface area contributed by atoms with Gasteiger partial charge in [-0.25, -0.2) is 0 Å². The van der Waals surface area contributed by atoms with Crippen molar-refractivity contribution in [3.05, 3.63) is 0 Å². The van der Waals surface area contributed by atoms with Crippen LogP contribution in [0.2, 0.25) is 0 Å². The Morgan fingerprint density at radius 1 is 1.56 bits per heavy atom. The summed E-state index contributed by atoms with van der Waals surface area (Å²) in [6.45, 7) is 6.00. The number of hydrogen-bond donors (Lipinski definition) is 2. The van der Waals surface area contributed by atoms with Gasteiger partial charge in [0.1, 0.15) is 0 Å². The predicted molar refractivity (Wildman–Crippen MR) is 66.1 cm³/mol. The molecule has 0 aromatic heterocycles. The monoisotopic (exact) mass is 227 g/mol. The minimum absolute atomic E-state index is 0.0266. The number of amides is 1. The zero-order valence-corrected chi connectivity index (χ0v) is 10.7. The van der Waals surface area contributed by atoms with Gasteiger partial charge in [0.2, 0.25) is 5.91 Å². The predicted octanol–water partition coefficient (Wildman–Crippen LogP) is 0.570. The van der Waals surface area contributed by atoms with Crippen LogP contribution in [0.15, 0.2) is 0 Å². The lowest BCUT2D eigenvalue weighted by molar-refractivity contribution is -0.121. The van der Waals surface area contributed by atoms with Gasteiger partial charge in [0, 0.05) is 25.0 Å². The van der Waals surface area contributed by atoms with E-state index < -0.39 is 0 Å². The van der Waals surface area contributed by atoms with Crippen LogP contribution in [0, 0.1) is 5.92 Å². The molecule has 0 saturated carbocycles. The Morgan fingerprint density at radius 3 is 2.75 bits per heavy atom. The van der Waals surface area contributed by atoms with Crippen LogP contribution < -0.4 is 11.1 Å². The molecule has 1 rings (SSSR count). The van der Waals surface area contributed by atoms with E-state index in [2.05, 4.69) is 17.3 Å². The molecule has 0 radical (unpaired) electrons. The topological polar surface area (TPSA) is 58.4 Å². The lowest BCUT2D eigenvalue weighted by atomic mass is 10.0. The first kappa shape index (κ1) is 13.5. The van der Waals surface area contributed by atoms with Crippen LogP contribution in [-0.4, -0.2) is 43.0 Å². The van der Waals surface area contributed by atoms with Crippen molar-refractivity contribution >= 4 is 5.91 Å². The quantitative estimate of drug-likeness (QED) is 0.722. The maximum absolute atomic E-state index is 11.6. The molecule has 1 amide bonds. The number of nitrogens with zero attached hydrogens (tertiary/aromatic N) is 1. The summed E-state index contributed by atoms with van der Waals surface area (Å²) in [7, 11) is 2.11. The highest BCUT2D eigenvalue weighted by Crippen LogP contribution is 2.13. The van der Waals surface area contributed by atoms with Crippen molar-refractivity contribution in [3.8, 4) is 0 Å². The minimum atomic E-state index is -0.0266. The van der Waals surface area contributed by atoms with E-state index in [0.29, 0.717) is 18.4 Å². The first-order chi connectivity index (χ1) is 7.50. The highest BCUT2D eigenvalue weighted by molar-refractivity contribution is 5.76. The van der Waals surface area contributed by atoms with Crippen LogP contribution >= 0.6 is 0 Å². The molecule has 2 unspecified atom stereocenters. The Hall–Kier alpha value is -0.610. The molecule has 94 valence electrons. The summed E-state index contributed by atoms with van der Waals surface area (Å²) in [5.74, 6) is 0.446. The van der Waals surface area contributed by atoms with E-state index in [1.165, 1.54) is 12.8 Å². The first-order valence-electron chi connectivity index (χ1n) is 6.23. The molecular weight excluding hydrogens is 202 g/mol. The van der Waals surface area contributed by atoms with Gasteiger partial charge in [-0.2, -0.15) is 0 Å². The summed E-state index contributed by atoms with van der Waals surface area (Å²) < 4.78 is 0. The van der Waals surface area contributed by atoms with Gasteiger partial charge < -0.3 is 16.0 Å². The van der Waals surface area contributed by atoms with Gasteiger partial charge in [0.05, 0.1) is 0 Å². The molecule has 1 aliphatic rings. The average Bonchev–Trinajstić information content (AvgIpc) is 2.61. The number of nitrogens with two attached hydrogens (primary N) is 1. The zero-order chi connectivity index (χ0) is 12.1. The lowest BCUT2D eigenvalue weighted by Crippen LogP contribution is -2.41. The second-order valence-electron chi connectivity index (χ2n) is 5.19. The molecule has 0 bridgehead atoms. The molecule has 1 fully saturated rings. The third-order valence-electron chi connectivity index (χ3n) is 3.48. The van der Waals surface area contributed by atoms with Gasteiger partial charge in [0.25, 0.3) is 0 Å². The van der Waals surface area contributed by atoms with Crippen molar-refractivity contribution in [3.63, 3.8) is 0 Å². The summed E-state index contributed by atoms with van der Waals surface area (Å²) in [6, 6.07) is 0.487. The standard InChI is InChI=1S/C12H25N3O/c1-9(2)11(13)7-12(16)14-8-10-5-4-6-15(10)3/h9-11H,4-8,13H2,1-3H3,(H,14,16). The summed E-state index contributed by atoms with van der Waals surface area (Å²) in [6.07, 6.45) is 2.86. The molecule has 1 aliphatic heterocycles.